The third kappa shape index (κ3) is 5.36. The van der Waals surface area contributed by atoms with Gasteiger partial charge in [0.1, 0.15) is 0 Å². The van der Waals surface area contributed by atoms with E-state index in [0.717, 1.165) is 32.1 Å². The molecule has 0 fully saturated rings. The summed E-state index contributed by atoms with van der Waals surface area (Å²) in [5.41, 5.74) is 5.17. The number of anilines is 1. The van der Waals surface area contributed by atoms with E-state index in [1.54, 1.807) is 0 Å². The Morgan fingerprint density at radius 1 is 1.07 bits per heavy atom. The molecule has 0 saturated carbocycles. The highest BCUT2D eigenvalue weighted by molar-refractivity contribution is 5.79. The highest BCUT2D eigenvalue weighted by Gasteiger charge is 2.09. The first-order valence-corrected chi connectivity index (χ1v) is 9.65. The van der Waals surface area contributed by atoms with Crippen LogP contribution in [0.3, 0.4) is 0 Å². The largest absolute Gasteiger partial charge is 0.364 e. The molecule has 4 heteroatoms. The minimum Gasteiger partial charge on any atom is -0.364 e. The van der Waals surface area contributed by atoms with Crippen molar-refractivity contribution in [1.82, 2.24) is 10.6 Å². The van der Waals surface area contributed by atoms with Crippen molar-refractivity contribution in [2.45, 2.75) is 26.3 Å². The molecule has 1 unspecified atom stereocenters. The molecule has 0 aliphatic carbocycles. The molecule has 0 aromatic heterocycles. The van der Waals surface area contributed by atoms with Crippen LogP contribution in [0, 0.1) is 6.92 Å². The van der Waals surface area contributed by atoms with E-state index in [0.29, 0.717) is 5.92 Å². The summed E-state index contributed by atoms with van der Waals surface area (Å²) < 4.78 is 0. The molecule has 2 aromatic rings. The van der Waals surface area contributed by atoms with Gasteiger partial charge in [-0.05, 0) is 36.1 Å². The highest BCUT2D eigenvalue weighted by Crippen LogP contribution is 2.18. The summed E-state index contributed by atoms with van der Waals surface area (Å²) in [6, 6.07) is 17.5. The number of nitrogens with one attached hydrogen (secondary N) is 2. The van der Waals surface area contributed by atoms with Gasteiger partial charge in [-0.25, -0.2) is 0 Å². The van der Waals surface area contributed by atoms with Crippen molar-refractivity contribution in [3.8, 4) is 0 Å². The van der Waals surface area contributed by atoms with E-state index >= 15 is 0 Å². The maximum Gasteiger partial charge on any atom is 0.191 e. The highest BCUT2D eigenvalue weighted by atomic mass is 15.2. The molecule has 2 aromatic carbocycles. The Balaban J connectivity index is 1.50. The number of aliphatic imine (C=N–C) groups is 1. The molecule has 142 valence electrons. The third-order valence-corrected chi connectivity index (χ3v) is 5.00. The first-order valence-electron chi connectivity index (χ1n) is 9.65. The maximum absolute atomic E-state index is 4.36. The molecule has 1 atom stereocenters. The minimum absolute atomic E-state index is 0.426. The summed E-state index contributed by atoms with van der Waals surface area (Å²) in [6.07, 6.45) is 4.43. The summed E-state index contributed by atoms with van der Waals surface area (Å²) in [6.45, 7) is 7.95. The molecule has 1 aliphatic rings. The van der Waals surface area contributed by atoms with Gasteiger partial charge in [-0.1, -0.05) is 61.0 Å². The summed E-state index contributed by atoms with van der Waals surface area (Å²) in [4.78, 5) is 6.72. The fourth-order valence-corrected chi connectivity index (χ4v) is 3.22. The molecule has 0 spiro atoms. The average Bonchev–Trinajstić information content (AvgIpc) is 3.23. The van der Waals surface area contributed by atoms with Crippen LogP contribution in [0.2, 0.25) is 0 Å². The standard InChI is InChI=1S/C23H30N4/c1-18-9-11-21(12-10-18)19(2)16-25-23(24-3)26-17-20-7-6-8-22(15-20)27-13-4-5-14-27/h4-12,15,19H,13-14,16-17H2,1-3H3,(H2,24,25,26). The lowest BCUT2D eigenvalue weighted by Gasteiger charge is -2.19. The third-order valence-electron chi connectivity index (χ3n) is 5.00. The summed E-state index contributed by atoms with van der Waals surface area (Å²) in [7, 11) is 1.82. The van der Waals surface area contributed by atoms with Crippen LogP contribution >= 0.6 is 0 Å². The summed E-state index contributed by atoms with van der Waals surface area (Å²) in [5.74, 6) is 1.26. The molecule has 1 aliphatic heterocycles. The monoisotopic (exact) mass is 362 g/mol. The quantitative estimate of drug-likeness (QED) is 0.466. The van der Waals surface area contributed by atoms with Gasteiger partial charge in [-0.2, -0.15) is 0 Å². The number of aryl methyl sites for hydroxylation is 1. The smallest absolute Gasteiger partial charge is 0.191 e. The van der Waals surface area contributed by atoms with Crippen LogP contribution in [0.4, 0.5) is 5.69 Å². The Hall–Kier alpha value is -2.75. The Morgan fingerprint density at radius 2 is 1.81 bits per heavy atom. The van der Waals surface area contributed by atoms with Crippen molar-refractivity contribution in [3.05, 3.63) is 77.4 Å². The van der Waals surface area contributed by atoms with Gasteiger partial charge in [0.2, 0.25) is 0 Å². The molecule has 2 N–H and O–H groups in total. The number of guanidine groups is 1. The van der Waals surface area contributed by atoms with E-state index in [2.05, 4.69) is 95.1 Å². The van der Waals surface area contributed by atoms with Crippen LogP contribution in [0.15, 0.2) is 65.7 Å². The number of nitrogens with zero attached hydrogens (tertiary/aromatic N) is 2. The van der Waals surface area contributed by atoms with E-state index in [-0.39, 0.29) is 0 Å². The van der Waals surface area contributed by atoms with Crippen LogP contribution in [0.5, 0.6) is 0 Å². The van der Waals surface area contributed by atoms with Crippen LogP contribution in [-0.4, -0.2) is 32.6 Å². The second kappa shape index (κ2) is 9.26. The van der Waals surface area contributed by atoms with Gasteiger partial charge in [-0.3, -0.25) is 4.99 Å². The topological polar surface area (TPSA) is 39.7 Å². The first kappa shape index (κ1) is 19.0. The van der Waals surface area contributed by atoms with E-state index < -0.39 is 0 Å². The van der Waals surface area contributed by atoms with Crippen LogP contribution in [0.25, 0.3) is 0 Å². The fourth-order valence-electron chi connectivity index (χ4n) is 3.22. The zero-order chi connectivity index (χ0) is 19.1. The number of hydrogen-bond acceptors (Lipinski definition) is 2. The van der Waals surface area contributed by atoms with Gasteiger partial charge in [-0.15, -0.1) is 0 Å². The maximum atomic E-state index is 4.36. The Bertz CT molecular complexity index is 784. The normalized spacial score (nSPS) is 15.1. The van der Waals surface area contributed by atoms with Crippen molar-refractivity contribution in [2.75, 3.05) is 31.6 Å². The Morgan fingerprint density at radius 3 is 2.52 bits per heavy atom. The van der Waals surface area contributed by atoms with Gasteiger partial charge in [0.15, 0.2) is 5.96 Å². The van der Waals surface area contributed by atoms with Crippen molar-refractivity contribution in [3.63, 3.8) is 0 Å². The molecule has 3 rings (SSSR count). The predicted octanol–water partition coefficient (Wildman–Crippen LogP) is 3.84. The number of rotatable bonds is 6. The van der Waals surface area contributed by atoms with Gasteiger partial charge in [0.25, 0.3) is 0 Å². The molecular formula is C23H30N4. The van der Waals surface area contributed by atoms with E-state index in [1.165, 1.54) is 22.4 Å². The van der Waals surface area contributed by atoms with E-state index in [9.17, 15) is 0 Å². The zero-order valence-corrected chi connectivity index (χ0v) is 16.6. The average molecular weight is 363 g/mol. The van der Waals surface area contributed by atoms with E-state index in [4.69, 9.17) is 0 Å². The molecular weight excluding hydrogens is 332 g/mol. The molecule has 0 amide bonds. The Labute approximate surface area is 163 Å². The van der Waals surface area contributed by atoms with Crippen molar-refractivity contribution in [1.29, 1.82) is 0 Å². The lowest BCUT2D eigenvalue weighted by Crippen LogP contribution is -2.38. The van der Waals surface area contributed by atoms with Gasteiger partial charge in [0.05, 0.1) is 0 Å². The molecule has 27 heavy (non-hydrogen) atoms. The lowest BCUT2D eigenvalue weighted by atomic mass is 10.0. The second-order valence-electron chi connectivity index (χ2n) is 7.16. The van der Waals surface area contributed by atoms with Crippen LogP contribution in [-0.2, 0) is 6.54 Å². The van der Waals surface area contributed by atoms with Crippen molar-refractivity contribution >= 4 is 11.6 Å². The molecule has 1 heterocycles. The second-order valence-corrected chi connectivity index (χ2v) is 7.16. The summed E-state index contributed by atoms with van der Waals surface area (Å²) in [5, 5.41) is 6.86. The molecule has 0 radical (unpaired) electrons. The zero-order valence-electron chi connectivity index (χ0n) is 16.6. The minimum atomic E-state index is 0.426. The predicted molar refractivity (Wildman–Crippen MR) is 116 cm³/mol. The number of hydrogen-bond donors (Lipinski definition) is 2. The molecule has 0 saturated heterocycles. The fraction of sp³-hybridized carbons (Fsp3) is 0.348. The van der Waals surface area contributed by atoms with Crippen LogP contribution in [0.1, 0.15) is 29.5 Å². The van der Waals surface area contributed by atoms with Gasteiger partial charge in [0, 0.05) is 38.9 Å². The van der Waals surface area contributed by atoms with E-state index in [1.807, 2.05) is 7.05 Å². The van der Waals surface area contributed by atoms with Gasteiger partial charge >= 0.3 is 0 Å². The number of benzene rings is 2. The molecule has 0 bridgehead atoms. The summed E-state index contributed by atoms with van der Waals surface area (Å²) >= 11 is 0. The van der Waals surface area contributed by atoms with Crippen molar-refractivity contribution in [2.24, 2.45) is 4.99 Å². The van der Waals surface area contributed by atoms with Crippen LogP contribution < -0.4 is 15.5 Å². The Kier molecular flexibility index (Phi) is 6.53. The first-order chi connectivity index (χ1) is 13.2. The van der Waals surface area contributed by atoms with Crippen molar-refractivity contribution < 1.29 is 0 Å². The lowest BCUT2D eigenvalue weighted by molar-refractivity contribution is 0.698. The SMILES string of the molecule is CN=C(NCc1cccc(N2CC=CC2)c1)NCC(C)c1ccc(C)cc1. The molecule has 4 nitrogen and oxygen atoms in total. The van der Waals surface area contributed by atoms with Gasteiger partial charge < -0.3 is 15.5 Å².